The molecule has 0 amide bonds. The van der Waals surface area contributed by atoms with E-state index in [2.05, 4.69) is 18.7 Å². The molecule has 1 unspecified atom stereocenters. The Balaban J connectivity index is 2.05. The third-order valence-electron chi connectivity index (χ3n) is 3.87. The van der Waals surface area contributed by atoms with Crippen LogP contribution in [-0.4, -0.2) is 49.8 Å². The summed E-state index contributed by atoms with van der Waals surface area (Å²) in [7, 11) is -3.34. The lowest BCUT2D eigenvalue weighted by molar-refractivity contribution is 0.143. The third-order valence-corrected chi connectivity index (χ3v) is 7.54. The molecule has 1 aromatic rings. The first-order valence-electron chi connectivity index (χ1n) is 6.86. The van der Waals surface area contributed by atoms with Crippen LogP contribution in [0.1, 0.15) is 25.8 Å². The van der Waals surface area contributed by atoms with Gasteiger partial charge in [0.2, 0.25) is 0 Å². The van der Waals surface area contributed by atoms with Gasteiger partial charge in [-0.05, 0) is 30.4 Å². The van der Waals surface area contributed by atoms with E-state index in [1.165, 1.54) is 11.3 Å². The van der Waals surface area contributed by atoms with Crippen LogP contribution in [0.4, 0.5) is 0 Å². The van der Waals surface area contributed by atoms with Crippen LogP contribution in [0.3, 0.4) is 0 Å². The fourth-order valence-corrected chi connectivity index (χ4v) is 5.36. The first-order valence-corrected chi connectivity index (χ1v) is 9.72. The molecule has 1 aliphatic rings. The largest absolute Gasteiger partial charge is 0.298 e. The molecule has 1 atom stereocenters. The minimum absolute atomic E-state index is 0.355. The first kappa shape index (κ1) is 16.2. The summed E-state index contributed by atoms with van der Waals surface area (Å²) in [5.74, 6) is 0.355. The Bertz CT molecular complexity index is 536. The average molecular weight is 337 g/mol. The summed E-state index contributed by atoms with van der Waals surface area (Å²) >= 11 is 7.00. The van der Waals surface area contributed by atoms with Gasteiger partial charge in [-0.3, -0.25) is 4.90 Å². The van der Waals surface area contributed by atoms with Gasteiger partial charge in [-0.15, -0.1) is 22.9 Å². The fourth-order valence-electron chi connectivity index (χ4n) is 2.33. The number of rotatable bonds is 5. The molecule has 0 aromatic carbocycles. The Morgan fingerprint density at radius 2 is 2.00 bits per heavy atom. The molecule has 0 saturated carbocycles. The molecule has 1 saturated heterocycles. The topological polar surface area (TPSA) is 40.6 Å². The number of nitrogens with zero attached hydrogens (tertiary/aromatic N) is 2. The maximum Gasteiger partial charge on any atom is 0.252 e. The Kier molecular flexibility index (Phi) is 5.48. The molecule has 0 N–H and O–H groups in total. The molecule has 1 aliphatic heterocycles. The van der Waals surface area contributed by atoms with Crippen molar-refractivity contribution in [3.63, 3.8) is 0 Å². The summed E-state index contributed by atoms with van der Waals surface area (Å²) in [6.07, 6.45) is 1.09. The van der Waals surface area contributed by atoms with Gasteiger partial charge in [-0.1, -0.05) is 6.92 Å². The molecule has 0 spiro atoms. The summed E-state index contributed by atoms with van der Waals surface area (Å²) in [5.41, 5.74) is 0.869. The predicted octanol–water partition coefficient (Wildman–Crippen LogP) is 2.59. The van der Waals surface area contributed by atoms with Crippen LogP contribution in [0.5, 0.6) is 0 Å². The molecule has 0 bridgehead atoms. The summed E-state index contributed by atoms with van der Waals surface area (Å²) in [5, 5.41) is 1.81. The standard InChI is InChI=1S/C13H21ClN2O2S2/c1-3-11(2)15-4-6-16(7-5-15)20(17,18)13-8-12(9-14)10-19-13/h8,10-11H,3-7,9H2,1-2H3. The van der Waals surface area contributed by atoms with Crippen LogP contribution in [0.2, 0.25) is 0 Å². The normalized spacial score (nSPS) is 20.1. The van der Waals surface area contributed by atoms with E-state index in [1.54, 1.807) is 10.4 Å². The molecule has 4 nitrogen and oxygen atoms in total. The van der Waals surface area contributed by atoms with E-state index >= 15 is 0 Å². The molecule has 0 aliphatic carbocycles. The molecule has 1 aromatic heterocycles. The van der Waals surface area contributed by atoms with Crippen molar-refractivity contribution in [1.82, 2.24) is 9.21 Å². The number of hydrogen-bond acceptors (Lipinski definition) is 4. The monoisotopic (exact) mass is 336 g/mol. The van der Waals surface area contributed by atoms with E-state index in [4.69, 9.17) is 11.6 Å². The van der Waals surface area contributed by atoms with Crippen LogP contribution in [0.15, 0.2) is 15.7 Å². The Morgan fingerprint density at radius 3 is 2.50 bits per heavy atom. The van der Waals surface area contributed by atoms with Gasteiger partial charge in [-0.25, -0.2) is 8.42 Å². The van der Waals surface area contributed by atoms with Gasteiger partial charge in [0.15, 0.2) is 0 Å². The van der Waals surface area contributed by atoms with Crippen molar-refractivity contribution in [3.05, 3.63) is 17.0 Å². The zero-order valence-corrected chi connectivity index (χ0v) is 14.3. The summed E-state index contributed by atoms with van der Waals surface area (Å²) in [6.45, 7) is 7.11. The Morgan fingerprint density at radius 1 is 1.35 bits per heavy atom. The maximum absolute atomic E-state index is 12.5. The van der Waals surface area contributed by atoms with E-state index in [9.17, 15) is 8.42 Å². The molecule has 0 radical (unpaired) electrons. The average Bonchev–Trinajstić information content (AvgIpc) is 2.96. The molecule has 2 rings (SSSR count). The van der Waals surface area contributed by atoms with Crippen molar-refractivity contribution in [2.24, 2.45) is 0 Å². The van der Waals surface area contributed by atoms with Crippen LogP contribution >= 0.6 is 22.9 Å². The predicted molar refractivity (Wildman–Crippen MR) is 84.0 cm³/mol. The Hall–Kier alpha value is -0.140. The zero-order chi connectivity index (χ0) is 14.8. The lowest BCUT2D eigenvalue weighted by atomic mass is 10.2. The van der Waals surface area contributed by atoms with Gasteiger partial charge in [0.05, 0.1) is 0 Å². The quantitative estimate of drug-likeness (QED) is 0.776. The third kappa shape index (κ3) is 3.36. The Labute approximate surface area is 130 Å². The summed E-state index contributed by atoms with van der Waals surface area (Å²) < 4.78 is 27.1. The van der Waals surface area contributed by atoms with Gasteiger partial charge in [0.25, 0.3) is 10.0 Å². The number of piperazine rings is 1. The van der Waals surface area contributed by atoms with Crippen LogP contribution in [0, 0.1) is 0 Å². The highest BCUT2D eigenvalue weighted by Crippen LogP contribution is 2.26. The molecule has 7 heteroatoms. The van der Waals surface area contributed by atoms with Gasteiger partial charge in [-0.2, -0.15) is 4.31 Å². The fraction of sp³-hybridized carbons (Fsp3) is 0.692. The minimum Gasteiger partial charge on any atom is -0.298 e. The molecule has 20 heavy (non-hydrogen) atoms. The van der Waals surface area contributed by atoms with Gasteiger partial charge < -0.3 is 0 Å². The zero-order valence-electron chi connectivity index (χ0n) is 11.9. The highest BCUT2D eigenvalue weighted by Gasteiger charge is 2.30. The SMILES string of the molecule is CCC(C)N1CCN(S(=O)(=O)c2cc(CCl)cs2)CC1. The molecular weight excluding hydrogens is 316 g/mol. The van der Waals surface area contributed by atoms with Crippen molar-refractivity contribution in [2.45, 2.75) is 36.4 Å². The molecular formula is C13H21ClN2O2S2. The highest BCUT2D eigenvalue weighted by atomic mass is 35.5. The van der Waals surface area contributed by atoms with Crippen molar-refractivity contribution in [2.75, 3.05) is 26.2 Å². The second-order valence-electron chi connectivity index (χ2n) is 5.10. The summed E-state index contributed by atoms with van der Waals surface area (Å²) in [4.78, 5) is 2.35. The van der Waals surface area contributed by atoms with E-state index in [-0.39, 0.29) is 0 Å². The number of halogens is 1. The van der Waals surface area contributed by atoms with Crippen molar-refractivity contribution in [1.29, 1.82) is 0 Å². The van der Waals surface area contributed by atoms with Crippen LogP contribution in [-0.2, 0) is 15.9 Å². The lowest BCUT2D eigenvalue weighted by Gasteiger charge is -2.36. The molecule has 114 valence electrons. The van der Waals surface area contributed by atoms with E-state index in [0.29, 0.717) is 29.2 Å². The van der Waals surface area contributed by atoms with Crippen LogP contribution in [0.25, 0.3) is 0 Å². The number of alkyl halides is 1. The molecule has 1 fully saturated rings. The second kappa shape index (κ2) is 6.75. The highest BCUT2D eigenvalue weighted by molar-refractivity contribution is 7.91. The number of sulfonamides is 1. The molecule has 2 heterocycles. The van der Waals surface area contributed by atoms with Crippen molar-refractivity contribution < 1.29 is 8.42 Å². The lowest BCUT2D eigenvalue weighted by Crippen LogP contribution is -2.50. The number of hydrogen-bond donors (Lipinski definition) is 0. The summed E-state index contributed by atoms with van der Waals surface area (Å²) in [6, 6.07) is 2.21. The van der Waals surface area contributed by atoms with Gasteiger partial charge >= 0.3 is 0 Å². The van der Waals surface area contributed by atoms with E-state index in [0.717, 1.165) is 25.1 Å². The van der Waals surface area contributed by atoms with Gasteiger partial charge in [0.1, 0.15) is 4.21 Å². The first-order chi connectivity index (χ1) is 9.48. The smallest absolute Gasteiger partial charge is 0.252 e. The van der Waals surface area contributed by atoms with Crippen molar-refractivity contribution >= 4 is 33.0 Å². The second-order valence-corrected chi connectivity index (χ2v) is 8.45. The van der Waals surface area contributed by atoms with Gasteiger partial charge in [0, 0.05) is 38.1 Å². The van der Waals surface area contributed by atoms with E-state index < -0.39 is 10.0 Å². The maximum atomic E-state index is 12.5. The van der Waals surface area contributed by atoms with E-state index in [1.807, 2.05) is 5.38 Å². The minimum atomic E-state index is -3.34. The number of thiophene rings is 1. The van der Waals surface area contributed by atoms with Crippen molar-refractivity contribution in [3.8, 4) is 0 Å². The van der Waals surface area contributed by atoms with Crippen LogP contribution < -0.4 is 0 Å².